The molecule has 0 spiro atoms. The highest BCUT2D eigenvalue weighted by Gasteiger charge is 2.45. The molecule has 2 saturated heterocycles. The Kier molecular flexibility index (Phi) is 3.21. The van der Waals surface area contributed by atoms with Crippen LogP contribution in [0.3, 0.4) is 0 Å². The maximum atomic E-state index is 5.68. The lowest BCUT2D eigenvalue weighted by molar-refractivity contribution is 0.124. The third-order valence-electron chi connectivity index (χ3n) is 4.08. The number of hydrogen-bond acceptors (Lipinski definition) is 4. The molecule has 1 aromatic heterocycles. The maximum Gasteiger partial charge on any atom is 0.0626 e. The minimum Gasteiger partial charge on any atom is -0.379 e. The summed E-state index contributed by atoms with van der Waals surface area (Å²) >= 11 is 1.86. The number of fused-ring (bicyclic) bond motifs is 1. The molecule has 0 amide bonds. The number of rotatable bonds is 3. The Morgan fingerprint density at radius 1 is 1.47 bits per heavy atom. The van der Waals surface area contributed by atoms with E-state index >= 15 is 0 Å². The Bertz CT molecular complexity index is 366. The van der Waals surface area contributed by atoms with E-state index in [1.54, 1.807) is 0 Å². The molecule has 3 heterocycles. The van der Waals surface area contributed by atoms with Gasteiger partial charge in [-0.1, -0.05) is 6.07 Å². The Morgan fingerprint density at radius 2 is 2.35 bits per heavy atom. The fraction of sp³-hybridized carbons (Fsp3) is 0.692. The van der Waals surface area contributed by atoms with E-state index in [4.69, 9.17) is 4.74 Å². The molecular weight excluding hydrogens is 232 g/mol. The summed E-state index contributed by atoms with van der Waals surface area (Å²) in [6.45, 7) is 4.13. The second kappa shape index (κ2) is 4.69. The predicted molar refractivity (Wildman–Crippen MR) is 70.3 cm³/mol. The molecule has 2 aliphatic rings. The van der Waals surface area contributed by atoms with Crippen molar-refractivity contribution in [3.8, 4) is 0 Å². The van der Waals surface area contributed by atoms with Crippen molar-refractivity contribution in [1.29, 1.82) is 0 Å². The maximum absolute atomic E-state index is 5.68. The molecule has 1 aromatic rings. The van der Waals surface area contributed by atoms with Crippen molar-refractivity contribution in [2.75, 3.05) is 33.9 Å². The zero-order valence-corrected chi connectivity index (χ0v) is 11.3. The largest absolute Gasteiger partial charge is 0.379 e. The Morgan fingerprint density at radius 3 is 3.06 bits per heavy atom. The second-order valence-corrected chi connectivity index (χ2v) is 6.34. The van der Waals surface area contributed by atoms with Gasteiger partial charge in [-0.25, -0.2) is 0 Å². The first-order chi connectivity index (χ1) is 8.25. The van der Waals surface area contributed by atoms with E-state index in [1.807, 2.05) is 11.3 Å². The van der Waals surface area contributed by atoms with E-state index < -0.39 is 0 Å². The Balaban J connectivity index is 1.73. The molecule has 2 aliphatic heterocycles. The van der Waals surface area contributed by atoms with E-state index in [-0.39, 0.29) is 0 Å². The fourth-order valence-electron chi connectivity index (χ4n) is 3.15. The monoisotopic (exact) mass is 252 g/mol. The van der Waals surface area contributed by atoms with Gasteiger partial charge in [0.25, 0.3) is 0 Å². The van der Waals surface area contributed by atoms with E-state index in [9.17, 15) is 0 Å². The van der Waals surface area contributed by atoms with Gasteiger partial charge in [0.05, 0.1) is 13.2 Å². The number of hydrogen-bond donors (Lipinski definition) is 0. The quantitative estimate of drug-likeness (QED) is 0.811. The Labute approximate surface area is 107 Å². The zero-order valence-electron chi connectivity index (χ0n) is 10.5. The highest BCUT2D eigenvalue weighted by atomic mass is 32.1. The second-order valence-electron chi connectivity index (χ2n) is 5.31. The van der Waals surface area contributed by atoms with E-state index in [0.717, 1.165) is 19.8 Å². The van der Waals surface area contributed by atoms with Gasteiger partial charge in [-0.2, -0.15) is 0 Å². The molecule has 0 saturated carbocycles. The number of thiophene rings is 1. The predicted octanol–water partition coefficient (Wildman–Crippen LogP) is 1.51. The van der Waals surface area contributed by atoms with Crippen LogP contribution in [0, 0.1) is 5.92 Å². The molecule has 4 heteroatoms. The minimum atomic E-state index is 0.629. The van der Waals surface area contributed by atoms with Crippen LogP contribution in [0.15, 0.2) is 17.5 Å². The molecule has 0 N–H and O–H groups in total. The van der Waals surface area contributed by atoms with Gasteiger partial charge < -0.3 is 9.64 Å². The standard InChI is InChI=1S/C13H20N2OS/c1-14(2)12-7-15(6-10-4-3-5-17-10)13-9-16-8-11(12)13/h3-5,11-13H,6-9H2,1-2H3/t11-,12-,13-/m1/s1. The molecule has 3 atom stereocenters. The molecule has 0 unspecified atom stereocenters. The van der Waals surface area contributed by atoms with Crippen LogP contribution in [0.5, 0.6) is 0 Å². The fourth-order valence-corrected chi connectivity index (χ4v) is 3.87. The molecule has 3 rings (SSSR count). The molecule has 94 valence electrons. The number of ether oxygens (including phenoxy) is 1. The first-order valence-corrected chi connectivity index (χ1v) is 7.14. The van der Waals surface area contributed by atoms with Crippen molar-refractivity contribution in [1.82, 2.24) is 9.80 Å². The summed E-state index contributed by atoms with van der Waals surface area (Å²) in [4.78, 5) is 6.43. The average Bonchev–Trinajstić information content (AvgIpc) is 2.96. The smallest absolute Gasteiger partial charge is 0.0626 e. The highest BCUT2D eigenvalue weighted by molar-refractivity contribution is 7.09. The molecule has 0 radical (unpaired) electrons. The van der Waals surface area contributed by atoms with Crippen LogP contribution < -0.4 is 0 Å². The number of nitrogens with zero attached hydrogens (tertiary/aromatic N) is 2. The third kappa shape index (κ3) is 2.15. The van der Waals surface area contributed by atoms with Crippen LogP contribution in [0.4, 0.5) is 0 Å². The molecule has 0 bridgehead atoms. The number of likely N-dealkylation sites (N-methyl/N-ethyl adjacent to an activating group) is 1. The number of likely N-dealkylation sites (tertiary alicyclic amines) is 1. The van der Waals surface area contributed by atoms with Crippen molar-refractivity contribution < 1.29 is 4.74 Å². The van der Waals surface area contributed by atoms with Gasteiger partial charge in [0.15, 0.2) is 0 Å². The van der Waals surface area contributed by atoms with Crippen molar-refractivity contribution in [2.24, 2.45) is 5.92 Å². The lowest BCUT2D eigenvalue weighted by atomic mass is 9.99. The minimum absolute atomic E-state index is 0.629. The molecule has 3 nitrogen and oxygen atoms in total. The van der Waals surface area contributed by atoms with Crippen LogP contribution in [-0.4, -0.2) is 55.7 Å². The summed E-state index contributed by atoms with van der Waals surface area (Å²) < 4.78 is 5.68. The summed E-state index contributed by atoms with van der Waals surface area (Å²) in [5.74, 6) is 0.699. The topological polar surface area (TPSA) is 15.7 Å². The normalized spacial score (nSPS) is 33.5. The molecular formula is C13H20N2OS. The van der Waals surface area contributed by atoms with Crippen LogP contribution in [0.1, 0.15) is 4.88 Å². The molecule has 0 aliphatic carbocycles. The third-order valence-corrected chi connectivity index (χ3v) is 4.94. The molecule has 0 aromatic carbocycles. The van der Waals surface area contributed by atoms with Gasteiger partial charge in [0, 0.05) is 36.0 Å². The summed E-state index contributed by atoms with van der Waals surface area (Å²) in [7, 11) is 4.38. The SMILES string of the molecule is CN(C)[C@@H]1CN(Cc2cccs2)[C@@H]2COC[C@H]12. The van der Waals surface area contributed by atoms with Crippen molar-refractivity contribution in [2.45, 2.75) is 18.6 Å². The Hall–Kier alpha value is -0.420. The lowest BCUT2D eigenvalue weighted by Gasteiger charge is -2.23. The summed E-state index contributed by atoms with van der Waals surface area (Å²) in [5.41, 5.74) is 0. The molecule has 17 heavy (non-hydrogen) atoms. The van der Waals surface area contributed by atoms with Crippen molar-refractivity contribution in [3.63, 3.8) is 0 Å². The first-order valence-electron chi connectivity index (χ1n) is 6.26. The van der Waals surface area contributed by atoms with Crippen LogP contribution in [0.2, 0.25) is 0 Å². The van der Waals surface area contributed by atoms with Crippen LogP contribution >= 0.6 is 11.3 Å². The van der Waals surface area contributed by atoms with Crippen molar-refractivity contribution >= 4 is 11.3 Å². The van der Waals surface area contributed by atoms with Gasteiger partial charge in [0.2, 0.25) is 0 Å². The van der Waals surface area contributed by atoms with E-state index in [1.165, 1.54) is 11.4 Å². The van der Waals surface area contributed by atoms with E-state index in [2.05, 4.69) is 41.4 Å². The zero-order chi connectivity index (χ0) is 11.8. The summed E-state index contributed by atoms with van der Waals surface area (Å²) in [5, 5.41) is 2.16. The van der Waals surface area contributed by atoms with Gasteiger partial charge in [0.1, 0.15) is 0 Å². The highest BCUT2D eigenvalue weighted by Crippen LogP contribution is 2.33. The van der Waals surface area contributed by atoms with Gasteiger partial charge >= 0.3 is 0 Å². The first kappa shape index (κ1) is 11.7. The molecule has 2 fully saturated rings. The lowest BCUT2D eigenvalue weighted by Crippen LogP contribution is -2.36. The average molecular weight is 252 g/mol. The summed E-state index contributed by atoms with van der Waals surface area (Å²) in [6, 6.07) is 5.66. The van der Waals surface area contributed by atoms with E-state index in [0.29, 0.717) is 18.0 Å². The van der Waals surface area contributed by atoms with Crippen LogP contribution in [0.25, 0.3) is 0 Å². The van der Waals surface area contributed by atoms with Crippen LogP contribution in [-0.2, 0) is 11.3 Å². The van der Waals surface area contributed by atoms with Gasteiger partial charge in [-0.15, -0.1) is 11.3 Å². The summed E-state index contributed by atoms with van der Waals surface area (Å²) in [6.07, 6.45) is 0. The van der Waals surface area contributed by atoms with Crippen molar-refractivity contribution in [3.05, 3.63) is 22.4 Å². The van der Waals surface area contributed by atoms with Gasteiger partial charge in [-0.05, 0) is 25.5 Å². The van der Waals surface area contributed by atoms with Gasteiger partial charge in [-0.3, -0.25) is 4.90 Å².